The number of aryl methyl sites for hydroxylation is 1. The summed E-state index contributed by atoms with van der Waals surface area (Å²) in [5, 5.41) is 4.12. The SMILES string of the molecule is COc1ccc(SC2CCNC2)cc1C. The van der Waals surface area contributed by atoms with Gasteiger partial charge in [-0.3, -0.25) is 0 Å². The van der Waals surface area contributed by atoms with Crippen LogP contribution in [0, 0.1) is 6.92 Å². The largest absolute Gasteiger partial charge is 0.496 e. The smallest absolute Gasteiger partial charge is 0.121 e. The van der Waals surface area contributed by atoms with E-state index in [0.29, 0.717) is 0 Å². The molecule has 0 spiro atoms. The van der Waals surface area contributed by atoms with E-state index in [1.54, 1.807) is 7.11 Å². The summed E-state index contributed by atoms with van der Waals surface area (Å²) in [4.78, 5) is 1.35. The number of ether oxygens (including phenoxy) is 1. The summed E-state index contributed by atoms with van der Waals surface area (Å²) in [5.74, 6) is 0.976. The first kappa shape index (κ1) is 10.8. The van der Waals surface area contributed by atoms with E-state index in [-0.39, 0.29) is 0 Å². The Balaban J connectivity index is 2.05. The van der Waals surface area contributed by atoms with Gasteiger partial charge in [0.05, 0.1) is 7.11 Å². The lowest BCUT2D eigenvalue weighted by Crippen LogP contribution is -2.09. The fraction of sp³-hybridized carbons (Fsp3) is 0.500. The predicted octanol–water partition coefficient (Wildman–Crippen LogP) is 2.46. The molecular formula is C12H17NOS. The summed E-state index contributed by atoms with van der Waals surface area (Å²) in [7, 11) is 1.72. The predicted molar refractivity (Wildman–Crippen MR) is 64.9 cm³/mol. The maximum Gasteiger partial charge on any atom is 0.121 e. The van der Waals surface area contributed by atoms with E-state index in [1.807, 2.05) is 11.8 Å². The van der Waals surface area contributed by atoms with Gasteiger partial charge >= 0.3 is 0 Å². The molecule has 1 saturated heterocycles. The van der Waals surface area contributed by atoms with Crippen molar-refractivity contribution in [3.8, 4) is 5.75 Å². The number of hydrogen-bond acceptors (Lipinski definition) is 3. The second kappa shape index (κ2) is 4.90. The van der Waals surface area contributed by atoms with Crippen LogP contribution in [0.3, 0.4) is 0 Å². The molecular weight excluding hydrogens is 206 g/mol. The van der Waals surface area contributed by atoms with Crippen LogP contribution in [0.15, 0.2) is 23.1 Å². The quantitative estimate of drug-likeness (QED) is 0.850. The van der Waals surface area contributed by atoms with Crippen LogP contribution < -0.4 is 10.1 Å². The first-order chi connectivity index (χ1) is 7.29. The molecule has 1 fully saturated rings. The highest BCUT2D eigenvalue weighted by molar-refractivity contribution is 8.00. The van der Waals surface area contributed by atoms with Crippen LogP contribution in [0.4, 0.5) is 0 Å². The Morgan fingerprint density at radius 1 is 1.47 bits per heavy atom. The Kier molecular flexibility index (Phi) is 3.54. The van der Waals surface area contributed by atoms with Crippen LogP contribution in [0.25, 0.3) is 0 Å². The number of rotatable bonds is 3. The third-order valence-electron chi connectivity index (χ3n) is 2.68. The molecule has 0 saturated carbocycles. The van der Waals surface area contributed by atoms with E-state index in [0.717, 1.165) is 24.1 Å². The minimum atomic E-state index is 0.734. The number of methoxy groups -OCH3 is 1. The zero-order chi connectivity index (χ0) is 10.7. The van der Waals surface area contributed by atoms with Crippen molar-refractivity contribution in [1.82, 2.24) is 5.32 Å². The summed E-state index contributed by atoms with van der Waals surface area (Å²) in [6.07, 6.45) is 1.27. The van der Waals surface area contributed by atoms with E-state index >= 15 is 0 Å². The van der Waals surface area contributed by atoms with Crippen molar-refractivity contribution in [2.24, 2.45) is 0 Å². The molecule has 0 aromatic heterocycles. The van der Waals surface area contributed by atoms with Crippen molar-refractivity contribution in [1.29, 1.82) is 0 Å². The average Bonchev–Trinajstić information content (AvgIpc) is 2.71. The molecule has 0 amide bonds. The Hall–Kier alpha value is -0.670. The monoisotopic (exact) mass is 223 g/mol. The van der Waals surface area contributed by atoms with E-state index in [4.69, 9.17) is 4.74 Å². The van der Waals surface area contributed by atoms with Crippen LogP contribution in [0.1, 0.15) is 12.0 Å². The molecule has 82 valence electrons. The van der Waals surface area contributed by atoms with Gasteiger partial charge in [-0.1, -0.05) is 0 Å². The molecule has 15 heavy (non-hydrogen) atoms. The molecule has 1 unspecified atom stereocenters. The second-order valence-corrected chi connectivity index (χ2v) is 5.24. The molecule has 1 N–H and O–H groups in total. The lowest BCUT2D eigenvalue weighted by Gasteiger charge is -2.10. The molecule has 1 aliphatic rings. The van der Waals surface area contributed by atoms with Gasteiger partial charge in [0.15, 0.2) is 0 Å². The van der Waals surface area contributed by atoms with Crippen molar-refractivity contribution in [3.05, 3.63) is 23.8 Å². The van der Waals surface area contributed by atoms with E-state index in [9.17, 15) is 0 Å². The van der Waals surface area contributed by atoms with Gasteiger partial charge in [-0.05, 0) is 43.7 Å². The van der Waals surface area contributed by atoms with Crippen LogP contribution in [0.2, 0.25) is 0 Å². The highest BCUT2D eigenvalue weighted by Crippen LogP contribution is 2.30. The maximum atomic E-state index is 5.25. The van der Waals surface area contributed by atoms with Crippen LogP contribution in [0.5, 0.6) is 5.75 Å². The van der Waals surface area contributed by atoms with Gasteiger partial charge in [-0.2, -0.15) is 0 Å². The van der Waals surface area contributed by atoms with Crippen LogP contribution >= 0.6 is 11.8 Å². The third-order valence-corrected chi connectivity index (χ3v) is 3.95. The highest BCUT2D eigenvalue weighted by Gasteiger charge is 2.15. The molecule has 3 heteroatoms. The van der Waals surface area contributed by atoms with Crippen molar-refractivity contribution in [2.45, 2.75) is 23.5 Å². The average molecular weight is 223 g/mol. The van der Waals surface area contributed by atoms with E-state index < -0.39 is 0 Å². The summed E-state index contributed by atoms with van der Waals surface area (Å²) < 4.78 is 5.25. The van der Waals surface area contributed by atoms with E-state index in [2.05, 4.69) is 30.4 Å². The number of hydrogen-bond donors (Lipinski definition) is 1. The molecule has 0 aliphatic carbocycles. The molecule has 1 aromatic carbocycles. The lowest BCUT2D eigenvalue weighted by atomic mass is 10.2. The van der Waals surface area contributed by atoms with Crippen molar-refractivity contribution in [3.63, 3.8) is 0 Å². The zero-order valence-corrected chi connectivity index (χ0v) is 10.1. The van der Waals surface area contributed by atoms with Crippen LogP contribution in [-0.4, -0.2) is 25.4 Å². The summed E-state index contributed by atoms with van der Waals surface area (Å²) in [5.41, 5.74) is 1.22. The van der Waals surface area contributed by atoms with Gasteiger partial charge in [0.1, 0.15) is 5.75 Å². The Morgan fingerprint density at radius 3 is 2.93 bits per heavy atom. The molecule has 1 aliphatic heterocycles. The summed E-state index contributed by atoms with van der Waals surface area (Å²) in [6, 6.07) is 6.41. The van der Waals surface area contributed by atoms with Gasteiger partial charge in [0.25, 0.3) is 0 Å². The lowest BCUT2D eigenvalue weighted by molar-refractivity contribution is 0.411. The molecule has 2 rings (SSSR count). The van der Waals surface area contributed by atoms with Gasteiger partial charge in [-0.15, -0.1) is 11.8 Å². The van der Waals surface area contributed by atoms with Gasteiger partial charge in [0, 0.05) is 16.7 Å². The molecule has 1 heterocycles. The number of nitrogens with one attached hydrogen (secondary N) is 1. The fourth-order valence-corrected chi connectivity index (χ4v) is 3.06. The van der Waals surface area contributed by atoms with Gasteiger partial charge in [0.2, 0.25) is 0 Å². The topological polar surface area (TPSA) is 21.3 Å². The first-order valence-corrected chi connectivity index (χ1v) is 6.19. The zero-order valence-electron chi connectivity index (χ0n) is 9.25. The third kappa shape index (κ3) is 2.67. The minimum Gasteiger partial charge on any atom is -0.496 e. The normalized spacial score (nSPS) is 20.5. The first-order valence-electron chi connectivity index (χ1n) is 5.31. The standard InChI is InChI=1S/C12H17NOS/c1-9-7-10(3-4-12(9)14-2)15-11-5-6-13-8-11/h3-4,7,11,13H,5-6,8H2,1-2H3. The minimum absolute atomic E-state index is 0.734. The molecule has 0 bridgehead atoms. The van der Waals surface area contributed by atoms with Crippen LogP contribution in [-0.2, 0) is 0 Å². The summed E-state index contributed by atoms with van der Waals surface area (Å²) in [6.45, 7) is 4.39. The maximum absolute atomic E-state index is 5.25. The molecule has 2 nitrogen and oxygen atoms in total. The van der Waals surface area contributed by atoms with Crippen molar-refractivity contribution >= 4 is 11.8 Å². The second-order valence-electron chi connectivity index (χ2n) is 3.86. The molecule has 1 aromatic rings. The molecule has 1 atom stereocenters. The van der Waals surface area contributed by atoms with Gasteiger partial charge in [-0.25, -0.2) is 0 Å². The fourth-order valence-electron chi connectivity index (χ4n) is 1.85. The van der Waals surface area contributed by atoms with Gasteiger partial charge < -0.3 is 10.1 Å². The van der Waals surface area contributed by atoms with E-state index in [1.165, 1.54) is 16.9 Å². The Labute approximate surface area is 95.4 Å². The Morgan fingerprint density at radius 2 is 2.33 bits per heavy atom. The Bertz CT molecular complexity index is 334. The summed E-state index contributed by atoms with van der Waals surface area (Å²) >= 11 is 1.97. The molecule has 0 radical (unpaired) electrons. The van der Waals surface area contributed by atoms with Crippen molar-refractivity contribution in [2.75, 3.05) is 20.2 Å². The highest BCUT2D eigenvalue weighted by atomic mass is 32.2. The number of benzene rings is 1. The number of thioether (sulfide) groups is 1. The van der Waals surface area contributed by atoms with Crippen molar-refractivity contribution < 1.29 is 4.74 Å².